The van der Waals surface area contributed by atoms with E-state index in [4.69, 9.17) is 27.6 Å². The highest BCUT2D eigenvalue weighted by Crippen LogP contribution is 2.32. The molecule has 0 atom stereocenters. The Labute approximate surface area is 116 Å². The molecule has 0 aliphatic heterocycles. The van der Waals surface area contributed by atoms with Crippen LogP contribution >= 0.6 is 23.2 Å². The molecule has 2 N–H and O–H groups in total. The van der Waals surface area contributed by atoms with Crippen LogP contribution < -0.4 is 5.43 Å². The molecule has 0 radical (unpaired) electrons. The van der Waals surface area contributed by atoms with Gasteiger partial charge in [0.15, 0.2) is 0 Å². The van der Waals surface area contributed by atoms with E-state index in [1.165, 1.54) is 24.3 Å². The Morgan fingerprint density at radius 3 is 1.68 bits per heavy atom. The van der Waals surface area contributed by atoms with Crippen molar-refractivity contribution in [3.05, 3.63) is 44.5 Å². The number of benzene rings is 2. The van der Waals surface area contributed by atoms with Crippen molar-refractivity contribution < 1.29 is 14.6 Å². The quantitative estimate of drug-likeness (QED) is 0.621. The fourth-order valence-corrected chi connectivity index (χ4v) is 2.20. The third-order valence-electron chi connectivity index (χ3n) is 2.81. The van der Waals surface area contributed by atoms with Gasteiger partial charge in [0.05, 0.1) is 20.8 Å². The lowest BCUT2D eigenvalue weighted by Crippen LogP contribution is -2.02. The van der Waals surface area contributed by atoms with E-state index in [-0.39, 0.29) is 48.9 Å². The molecule has 3 aromatic rings. The highest BCUT2D eigenvalue weighted by Gasteiger charge is 2.13. The van der Waals surface area contributed by atoms with Gasteiger partial charge in [-0.3, -0.25) is 4.79 Å². The first-order valence-electron chi connectivity index (χ1n) is 5.25. The zero-order valence-electron chi connectivity index (χ0n) is 9.28. The minimum absolute atomic E-state index is 0.0593. The maximum absolute atomic E-state index is 12.3. The molecular weight excluding hydrogens is 291 g/mol. The Balaban J connectivity index is 2.56. The molecule has 0 bridgehead atoms. The first-order valence-corrected chi connectivity index (χ1v) is 6.00. The van der Waals surface area contributed by atoms with Crippen molar-refractivity contribution in [2.75, 3.05) is 0 Å². The monoisotopic (exact) mass is 296 g/mol. The summed E-state index contributed by atoms with van der Waals surface area (Å²) in [6.45, 7) is 0. The van der Waals surface area contributed by atoms with E-state index in [1.54, 1.807) is 0 Å². The van der Waals surface area contributed by atoms with Gasteiger partial charge in [0, 0.05) is 12.1 Å². The number of hydrogen-bond acceptors (Lipinski definition) is 4. The summed E-state index contributed by atoms with van der Waals surface area (Å²) in [5, 5.41) is 19.6. The summed E-state index contributed by atoms with van der Waals surface area (Å²) in [5.41, 5.74) is 0.0299. The standard InChI is InChI=1S/C13H6Cl2O4/c14-7-1-5-11(3-9(7)16)19-12-4-10(17)8(15)2-6(12)13(5)18/h1-4,16-17H. The van der Waals surface area contributed by atoms with Crippen LogP contribution in [0.1, 0.15) is 0 Å². The Morgan fingerprint density at radius 2 is 1.26 bits per heavy atom. The summed E-state index contributed by atoms with van der Waals surface area (Å²) in [7, 11) is 0. The number of phenols is 2. The molecule has 1 heterocycles. The van der Waals surface area contributed by atoms with Crippen LogP contribution in [0.2, 0.25) is 10.0 Å². The van der Waals surface area contributed by atoms with Gasteiger partial charge < -0.3 is 14.6 Å². The molecule has 0 saturated carbocycles. The van der Waals surface area contributed by atoms with Crippen molar-refractivity contribution in [3.8, 4) is 11.5 Å². The zero-order chi connectivity index (χ0) is 13.7. The smallest absolute Gasteiger partial charge is 0.200 e. The molecule has 0 aliphatic rings. The fraction of sp³-hybridized carbons (Fsp3) is 0. The van der Waals surface area contributed by atoms with E-state index in [2.05, 4.69) is 0 Å². The predicted octanol–water partition coefficient (Wildman–Crippen LogP) is 3.66. The van der Waals surface area contributed by atoms with E-state index in [0.29, 0.717) is 0 Å². The number of hydrogen-bond donors (Lipinski definition) is 2. The minimum atomic E-state index is -0.333. The topological polar surface area (TPSA) is 70.7 Å². The molecule has 6 heteroatoms. The molecule has 3 rings (SSSR count). The van der Waals surface area contributed by atoms with Gasteiger partial charge in [0.25, 0.3) is 0 Å². The minimum Gasteiger partial charge on any atom is -0.506 e. The van der Waals surface area contributed by atoms with Crippen LogP contribution in [0.3, 0.4) is 0 Å². The zero-order valence-corrected chi connectivity index (χ0v) is 10.8. The second-order valence-corrected chi connectivity index (χ2v) is 4.85. The van der Waals surface area contributed by atoms with Gasteiger partial charge in [-0.15, -0.1) is 0 Å². The van der Waals surface area contributed by atoms with E-state index in [1.807, 2.05) is 0 Å². The number of halogens is 2. The largest absolute Gasteiger partial charge is 0.506 e. The van der Waals surface area contributed by atoms with E-state index < -0.39 is 0 Å². The third kappa shape index (κ3) is 1.80. The van der Waals surface area contributed by atoms with Crippen molar-refractivity contribution in [1.82, 2.24) is 0 Å². The predicted molar refractivity (Wildman–Crippen MR) is 73.3 cm³/mol. The van der Waals surface area contributed by atoms with Crippen LogP contribution in [-0.4, -0.2) is 10.2 Å². The maximum Gasteiger partial charge on any atom is 0.200 e. The van der Waals surface area contributed by atoms with Gasteiger partial charge in [-0.25, -0.2) is 0 Å². The van der Waals surface area contributed by atoms with Crippen LogP contribution in [0.15, 0.2) is 33.5 Å². The second kappa shape index (κ2) is 4.05. The number of phenolic OH excluding ortho intramolecular Hbond substituents is 2. The molecule has 96 valence electrons. The van der Waals surface area contributed by atoms with Crippen molar-refractivity contribution in [1.29, 1.82) is 0 Å². The number of fused-ring (bicyclic) bond motifs is 2. The molecule has 0 fully saturated rings. The molecule has 2 aromatic carbocycles. The van der Waals surface area contributed by atoms with Crippen molar-refractivity contribution >= 4 is 45.1 Å². The van der Waals surface area contributed by atoms with Gasteiger partial charge >= 0.3 is 0 Å². The Bertz CT molecular complexity index is 814. The van der Waals surface area contributed by atoms with Crippen LogP contribution in [0.5, 0.6) is 11.5 Å². The average Bonchev–Trinajstić information content (AvgIpc) is 2.35. The summed E-state index contributed by atoms with van der Waals surface area (Å²) in [4.78, 5) is 12.3. The van der Waals surface area contributed by atoms with E-state index >= 15 is 0 Å². The Hall–Kier alpha value is -1.91. The van der Waals surface area contributed by atoms with Gasteiger partial charge in [0.2, 0.25) is 5.43 Å². The summed E-state index contributed by atoms with van der Waals surface area (Å²) in [6, 6.07) is 5.17. The average molecular weight is 297 g/mol. The van der Waals surface area contributed by atoms with Crippen LogP contribution in [-0.2, 0) is 0 Å². The molecule has 0 unspecified atom stereocenters. The highest BCUT2D eigenvalue weighted by atomic mass is 35.5. The lowest BCUT2D eigenvalue weighted by atomic mass is 10.1. The first-order chi connectivity index (χ1) is 8.97. The summed E-state index contributed by atoms with van der Waals surface area (Å²) < 4.78 is 5.46. The molecule has 0 amide bonds. The lowest BCUT2D eigenvalue weighted by Gasteiger charge is -2.04. The molecule has 0 spiro atoms. The number of aromatic hydroxyl groups is 2. The van der Waals surface area contributed by atoms with E-state index in [0.717, 1.165) is 0 Å². The fourth-order valence-electron chi connectivity index (χ4n) is 1.87. The molecule has 4 nitrogen and oxygen atoms in total. The summed E-state index contributed by atoms with van der Waals surface area (Å²) in [5.74, 6) is -0.371. The second-order valence-electron chi connectivity index (χ2n) is 4.03. The lowest BCUT2D eigenvalue weighted by molar-refractivity contribution is 0.474. The van der Waals surface area contributed by atoms with Gasteiger partial charge in [-0.2, -0.15) is 0 Å². The first kappa shape index (κ1) is 12.1. The van der Waals surface area contributed by atoms with Gasteiger partial charge in [-0.05, 0) is 12.1 Å². The van der Waals surface area contributed by atoms with Crippen molar-refractivity contribution in [2.45, 2.75) is 0 Å². The molecule has 19 heavy (non-hydrogen) atoms. The van der Waals surface area contributed by atoms with Crippen LogP contribution in [0, 0.1) is 0 Å². The molecule has 0 aliphatic carbocycles. The van der Waals surface area contributed by atoms with Crippen molar-refractivity contribution in [3.63, 3.8) is 0 Å². The van der Waals surface area contributed by atoms with Gasteiger partial charge in [-0.1, -0.05) is 23.2 Å². The number of rotatable bonds is 0. The third-order valence-corrected chi connectivity index (χ3v) is 3.41. The molecule has 0 saturated heterocycles. The molecule has 1 aromatic heterocycles. The van der Waals surface area contributed by atoms with Crippen LogP contribution in [0.25, 0.3) is 21.9 Å². The molecular formula is C13H6Cl2O4. The summed E-state index contributed by atoms with van der Waals surface area (Å²) in [6.07, 6.45) is 0. The highest BCUT2D eigenvalue weighted by molar-refractivity contribution is 6.33. The maximum atomic E-state index is 12.3. The SMILES string of the molecule is O=c1c2cc(Cl)c(O)cc2oc2cc(O)c(Cl)cc12. The van der Waals surface area contributed by atoms with Crippen LogP contribution in [0.4, 0.5) is 0 Å². The van der Waals surface area contributed by atoms with E-state index in [9.17, 15) is 15.0 Å². The summed E-state index contributed by atoms with van der Waals surface area (Å²) >= 11 is 11.5. The Kier molecular flexibility index (Phi) is 2.59. The normalized spacial score (nSPS) is 11.3. The Morgan fingerprint density at radius 1 is 0.842 bits per heavy atom. The van der Waals surface area contributed by atoms with Crippen molar-refractivity contribution in [2.24, 2.45) is 0 Å². The van der Waals surface area contributed by atoms with Gasteiger partial charge in [0.1, 0.15) is 22.7 Å².